The van der Waals surface area contributed by atoms with E-state index in [0.717, 1.165) is 0 Å². The number of ether oxygens (including phenoxy) is 4. The summed E-state index contributed by atoms with van der Waals surface area (Å²) in [5, 5.41) is 3.90. The number of para-hydroxylation sites is 1. The third-order valence-electron chi connectivity index (χ3n) is 3.20. The fourth-order valence-electron chi connectivity index (χ4n) is 2.05. The number of amides is 1. The van der Waals surface area contributed by atoms with E-state index in [2.05, 4.69) is 10.5 Å². The van der Waals surface area contributed by atoms with Crippen molar-refractivity contribution >= 4 is 12.1 Å². The van der Waals surface area contributed by atoms with Crippen LogP contribution in [0.2, 0.25) is 0 Å². The van der Waals surface area contributed by atoms with E-state index in [1.54, 1.807) is 24.3 Å². The van der Waals surface area contributed by atoms with Crippen LogP contribution in [0.4, 0.5) is 0 Å². The predicted molar refractivity (Wildman–Crippen MR) is 93.8 cm³/mol. The van der Waals surface area contributed by atoms with Crippen LogP contribution < -0.4 is 24.4 Å². The number of carbonyl (C=O) groups excluding carboxylic acids is 1. The van der Waals surface area contributed by atoms with Gasteiger partial charge in [0.2, 0.25) is 5.75 Å². The summed E-state index contributed by atoms with van der Waals surface area (Å²) in [6, 6.07) is 12.5. The van der Waals surface area contributed by atoms with Gasteiger partial charge < -0.3 is 18.9 Å². The van der Waals surface area contributed by atoms with Crippen molar-refractivity contribution in [2.45, 2.75) is 0 Å². The van der Waals surface area contributed by atoms with Crippen molar-refractivity contribution in [2.24, 2.45) is 5.10 Å². The maximum absolute atomic E-state index is 11.7. The molecule has 0 aromatic heterocycles. The van der Waals surface area contributed by atoms with Gasteiger partial charge in [-0.05, 0) is 24.3 Å². The van der Waals surface area contributed by atoms with E-state index in [9.17, 15) is 4.79 Å². The zero-order chi connectivity index (χ0) is 18.1. The average molecular weight is 344 g/mol. The molecule has 0 saturated heterocycles. The van der Waals surface area contributed by atoms with Crippen LogP contribution in [-0.4, -0.2) is 40.1 Å². The van der Waals surface area contributed by atoms with Gasteiger partial charge in [-0.3, -0.25) is 4.79 Å². The molecular formula is C18H20N2O5. The van der Waals surface area contributed by atoms with Crippen molar-refractivity contribution in [3.8, 4) is 23.0 Å². The van der Waals surface area contributed by atoms with Gasteiger partial charge in [0.25, 0.3) is 5.91 Å². The Bertz CT molecular complexity index is 706. The van der Waals surface area contributed by atoms with Gasteiger partial charge in [0.05, 0.1) is 27.5 Å². The molecule has 7 heteroatoms. The fraction of sp³-hybridized carbons (Fsp3) is 0.222. The molecule has 0 aliphatic carbocycles. The highest BCUT2D eigenvalue weighted by Crippen LogP contribution is 2.37. The van der Waals surface area contributed by atoms with Crippen LogP contribution in [-0.2, 0) is 4.79 Å². The maximum atomic E-state index is 11.7. The highest BCUT2D eigenvalue weighted by Gasteiger charge is 2.12. The lowest BCUT2D eigenvalue weighted by Crippen LogP contribution is -2.24. The Hall–Kier alpha value is -3.22. The molecule has 0 fully saturated rings. The zero-order valence-electron chi connectivity index (χ0n) is 14.3. The normalized spacial score (nSPS) is 10.4. The molecule has 0 aliphatic rings. The van der Waals surface area contributed by atoms with Crippen LogP contribution in [0.25, 0.3) is 0 Å². The summed E-state index contributed by atoms with van der Waals surface area (Å²) in [6.07, 6.45) is 1.48. The molecule has 1 N–H and O–H groups in total. The standard InChI is InChI=1S/C18H20N2O5/c1-22-15-9-13(10-16(23-2)18(15)24-3)11-19-20-17(21)12-25-14-7-5-4-6-8-14/h4-11H,12H2,1-3H3,(H,20,21)/b19-11-. The Kier molecular flexibility index (Phi) is 6.65. The molecule has 1 amide bonds. The molecule has 2 aromatic carbocycles. The van der Waals surface area contributed by atoms with E-state index in [0.29, 0.717) is 28.6 Å². The van der Waals surface area contributed by atoms with E-state index < -0.39 is 0 Å². The minimum atomic E-state index is -0.368. The van der Waals surface area contributed by atoms with Crippen molar-refractivity contribution in [3.05, 3.63) is 48.0 Å². The van der Waals surface area contributed by atoms with Gasteiger partial charge in [-0.2, -0.15) is 5.10 Å². The highest BCUT2D eigenvalue weighted by molar-refractivity contribution is 5.84. The minimum Gasteiger partial charge on any atom is -0.493 e. The Morgan fingerprint density at radius 1 is 1.04 bits per heavy atom. The van der Waals surface area contributed by atoms with Crippen molar-refractivity contribution in [2.75, 3.05) is 27.9 Å². The molecule has 0 aliphatic heterocycles. The zero-order valence-corrected chi connectivity index (χ0v) is 14.3. The SMILES string of the molecule is COc1cc(/C=N\NC(=O)COc2ccccc2)cc(OC)c1OC. The number of nitrogens with one attached hydrogen (secondary N) is 1. The molecule has 0 atom stereocenters. The average Bonchev–Trinajstić information content (AvgIpc) is 2.66. The number of rotatable bonds is 8. The predicted octanol–water partition coefficient (Wildman–Crippen LogP) is 2.24. The summed E-state index contributed by atoms with van der Waals surface area (Å²) in [4.78, 5) is 11.7. The number of benzene rings is 2. The summed E-state index contributed by atoms with van der Waals surface area (Å²) >= 11 is 0. The third-order valence-corrected chi connectivity index (χ3v) is 3.20. The van der Waals surface area contributed by atoms with Crippen LogP contribution in [0.15, 0.2) is 47.6 Å². The van der Waals surface area contributed by atoms with Crippen LogP contribution in [0.3, 0.4) is 0 Å². The maximum Gasteiger partial charge on any atom is 0.277 e. The summed E-state index contributed by atoms with van der Waals surface area (Å²) in [6.45, 7) is -0.128. The Morgan fingerprint density at radius 3 is 2.24 bits per heavy atom. The lowest BCUT2D eigenvalue weighted by atomic mass is 10.2. The molecule has 7 nitrogen and oxygen atoms in total. The number of hydrogen-bond acceptors (Lipinski definition) is 6. The summed E-state index contributed by atoms with van der Waals surface area (Å²) < 4.78 is 21.1. The molecule has 0 heterocycles. The van der Waals surface area contributed by atoms with E-state index in [4.69, 9.17) is 18.9 Å². The Balaban J connectivity index is 1.96. The number of nitrogens with zero attached hydrogens (tertiary/aromatic N) is 1. The van der Waals surface area contributed by atoms with Gasteiger partial charge >= 0.3 is 0 Å². The Labute approximate surface area is 146 Å². The molecule has 0 saturated carbocycles. The first-order valence-electron chi connectivity index (χ1n) is 7.47. The number of hydrogen-bond donors (Lipinski definition) is 1. The lowest BCUT2D eigenvalue weighted by Gasteiger charge is -2.12. The Morgan fingerprint density at radius 2 is 1.68 bits per heavy atom. The topological polar surface area (TPSA) is 78.4 Å². The molecule has 2 aromatic rings. The van der Waals surface area contributed by atoms with Crippen LogP contribution in [0, 0.1) is 0 Å². The summed E-state index contributed by atoms with van der Waals surface area (Å²) in [7, 11) is 4.59. The van der Waals surface area contributed by atoms with Crippen LogP contribution in [0.1, 0.15) is 5.56 Å². The second-order valence-electron chi connectivity index (χ2n) is 4.85. The molecular weight excluding hydrogens is 324 g/mol. The number of hydrazone groups is 1. The van der Waals surface area contributed by atoms with Gasteiger partial charge in [0, 0.05) is 5.56 Å². The second kappa shape index (κ2) is 9.17. The van der Waals surface area contributed by atoms with Gasteiger partial charge in [-0.15, -0.1) is 0 Å². The number of methoxy groups -OCH3 is 3. The van der Waals surface area contributed by atoms with Crippen molar-refractivity contribution in [3.63, 3.8) is 0 Å². The van der Waals surface area contributed by atoms with Crippen LogP contribution in [0.5, 0.6) is 23.0 Å². The van der Waals surface area contributed by atoms with Gasteiger partial charge in [-0.25, -0.2) is 5.43 Å². The fourth-order valence-corrected chi connectivity index (χ4v) is 2.05. The van der Waals surface area contributed by atoms with Crippen molar-refractivity contribution in [1.29, 1.82) is 0 Å². The van der Waals surface area contributed by atoms with E-state index in [1.807, 2.05) is 18.2 Å². The first-order chi connectivity index (χ1) is 12.2. The van der Waals surface area contributed by atoms with Crippen LogP contribution >= 0.6 is 0 Å². The molecule has 132 valence electrons. The van der Waals surface area contributed by atoms with E-state index in [1.165, 1.54) is 27.5 Å². The lowest BCUT2D eigenvalue weighted by molar-refractivity contribution is -0.123. The third kappa shape index (κ3) is 5.13. The summed E-state index contributed by atoms with van der Waals surface area (Å²) in [5.41, 5.74) is 3.08. The van der Waals surface area contributed by atoms with Gasteiger partial charge in [0.1, 0.15) is 5.75 Å². The molecule has 0 spiro atoms. The molecule has 0 radical (unpaired) electrons. The second-order valence-corrected chi connectivity index (χ2v) is 4.85. The molecule has 2 rings (SSSR count). The van der Waals surface area contributed by atoms with Gasteiger partial charge in [-0.1, -0.05) is 18.2 Å². The molecule has 0 unspecified atom stereocenters. The smallest absolute Gasteiger partial charge is 0.277 e. The number of carbonyl (C=O) groups is 1. The van der Waals surface area contributed by atoms with Crippen molar-refractivity contribution < 1.29 is 23.7 Å². The van der Waals surface area contributed by atoms with Gasteiger partial charge in [0.15, 0.2) is 18.1 Å². The highest BCUT2D eigenvalue weighted by atomic mass is 16.5. The molecule has 25 heavy (non-hydrogen) atoms. The summed E-state index contributed by atoms with van der Waals surface area (Å²) in [5.74, 6) is 1.74. The van der Waals surface area contributed by atoms with E-state index >= 15 is 0 Å². The monoisotopic (exact) mass is 344 g/mol. The molecule has 0 bridgehead atoms. The van der Waals surface area contributed by atoms with Crippen molar-refractivity contribution in [1.82, 2.24) is 5.43 Å². The first-order valence-corrected chi connectivity index (χ1v) is 7.47. The largest absolute Gasteiger partial charge is 0.493 e. The van der Waals surface area contributed by atoms with E-state index in [-0.39, 0.29) is 12.5 Å². The first kappa shape index (κ1) is 18.1. The quantitative estimate of drug-likeness (QED) is 0.587. The minimum absolute atomic E-state index is 0.128.